The molecule has 0 aliphatic heterocycles. The number of nitrogens with one attached hydrogen (secondary N) is 1. The number of aryl methyl sites for hydroxylation is 3. The molecule has 0 amide bonds. The molecular formula is C18H25NO. The third kappa shape index (κ3) is 2.96. The standard InChI is InChI=1S/C18H25NO/c1-5-13-10-14(6-2)18(15(7-3)11-13)17-9-8-16(20-17)12-19-4/h8-11,19H,5-7,12H2,1-4H3. The SMILES string of the molecule is CCc1cc(CC)c(-c2ccc(CNC)o2)c(CC)c1. The molecule has 1 N–H and O–H groups in total. The molecule has 0 saturated carbocycles. The van der Waals surface area contributed by atoms with Gasteiger partial charge in [0.05, 0.1) is 6.54 Å². The summed E-state index contributed by atoms with van der Waals surface area (Å²) in [5.74, 6) is 2.00. The molecule has 0 atom stereocenters. The highest BCUT2D eigenvalue weighted by Gasteiger charge is 2.14. The summed E-state index contributed by atoms with van der Waals surface area (Å²) in [7, 11) is 1.94. The maximum Gasteiger partial charge on any atom is 0.134 e. The zero-order valence-corrected chi connectivity index (χ0v) is 13.0. The van der Waals surface area contributed by atoms with Gasteiger partial charge in [-0.3, -0.25) is 0 Å². The van der Waals surface area contributed by atoms with Gasteiger partial charge in [0.15, 0.2) is 0 Å². The van der Waals surface area contributed by atoms with Crippen LogP contribution in [-0.4, -0.2) is 7.05 Å². The Morgan fingerprint density at radius 1 is 0.950 bits per heavy atom. The lowest BCUT2D eigenvalue weighted by atomic mass is 9.92. The summed E-state index contributed by atoms with van der Waals surface area (Å²) >= 11 is 0. The molecule has 0 aliphatic carbocycles. The van der Waals surface area contributed by atoms with Crippen molar-refractivity contribution >= 4 is 0 Å². The van der Waals surface area contributed by atoms with Gasteiger partial charge in [-0.15, -0.1) is 0 Å². The molecule has 2 heteroatoms. The Hall–Kier alpha value is -1.54. The topological polar surface area (TPSA) is 25.2 Å². The van der Waals surface area contributed by atoms with Crippen LogP contribution in [0, 0.1) is 0 Å². The highest BCUT2D eigenvalue weighted by atomic mass is 16.3. The first-order valence-electron chi connectivity index (χ1n) is 7.61. The molecule has 0 radical (unpaired) electrons. The molecular weight excluding hydrogens is 246 g/mol. The van der Waals surface area contributed by atoms with E-state index in [0.29, 0.717) is 0 Å². The van der Waals surface area contributed by atoms with Gasteiger partial charge in [0.25, 0.3) is 0 Å². The second-order valence-corrected chi connectivity index (χ2v) is 5.15. The largest absolute Gasteiger partial charge is 0.460 e. The van der Waals surface area contributed by atoms with Crippen molar-refractivity contribution in [3.8, 4) is 11.3 Å². The average Bonchev–Trinajstić information content (AvgIpc) is 2.94. The third-order valence-corrected chi connectivity index (χ3v) is 3.79. The molecule has 0 fully saturated rings. The van der Waals surface area contributed by atoms with Gasteiger partial charge in [0.1, 0.15) is 11.5 Å². The summed E-state index contributed by atoms with van der Waals surface area (Å²) in [4.78, 5) is 0. The maximum absolute atomic E-state index is 6.01. The molecule has 1 heterocycles. The van der Waals surface area contributed by atoms with Crippen molar-refractivity contribution < 1.29 is 4.42 Å². The van der Waals surface area contributed by atoms with Crippen LogP contribution < -0.4 is 5.32 Å². The van der Waals surface area contributed by atoms with Crippen LogP contribution in [-0.2, 0) is 25.8 Å². The Morgan fingerprint density at radius 3 is 2.10 bits per heavy atom. The van der Waals surface area contributed by atoms with Gasteiger partial charge in [0.2, 0.25) is 0 Å². The predicted octanol–water partition coefficient (Wildman–Crippen LogP) is 4.35. The molecule has 0 spiro atoms. The van der Waals surface area contributed by atoms with Gasteiger partial charge in [0, 0.05) is 5.56 Å². The highest BCUT2D eigenvalue weighted by molar-refractivity contribution is 5.68. The summed E-state index contributed by atoms with van der Waals surface area (Å²) in [6.45, 7) is 7.42. The Bertz CT molecular complexity index is 544. The van der Waals surface area contributed by atoms with Crippen molar-refractivity contribution in [3.63, 3.8) is 0 Å². The Morgan fingerprint density at radius 2 is 1.60 bits per heavy atom. The van der Waals surface area contributed by atoms with Crippen molar-refractivity contribution in [2.24, 2.45) is 0 Å². The van der Waals surface area contributed by atoms with Crippen LogP contribution in [0.5, 0.6) is 0 Å². The maximum atomic E-state index is 6.01. The fraction of sp³-hybridized carbons (Fsp3) is 0.444. The van der Waals surface area contributed by atoms with Gasteiger partial charge in [-0.25, -0.2) is 0 Å². The zero-order valence-electron chi connectivity index (χ0n) is 13.0. The van der Waals surface area contributed by atoms with Crippen molar-refractivity contribution in [2.75, 3.05) is 7.05 Å². The molecule has 2 nitrogen and oxygen atoms in total. The summed E-state index contributed by atoms with van der Waals surface area (Å²) in [6, 6.07) is 8.83. The van der Waals surface area contributed by atoms with Crippen LogP contribution >= 0.6 is 0 Å². The fourth-order valence-electron chi connectivity index (χ4n) is 2.70. The number of hydrogen-bond donors (Lipinski definition) is 1. The van der Waals surface area contributed by atoms with Crippen LogP contribution in [0.2, 0.25) is 0 Å². The quantitative estimate of drug-likeness (QED) is 0.844. The first-order valence-corrected chi connectivity index (χ1v) is 7.61. The molecule has 0 saturated heterocycles. The minimum absolute atomic E-state index is 0.774. The first kappa shape index (κ1) is 14.9. The summed E-state index contributed by atoms with van der Waals surface area (Å²) < 4.78 is 6.01. The molecule has 1 aromatic heterocycles. The number of rotatable bonds is 6. The number of hydrogen-bond acceptors (Lipinski definition) is 2. The van der Waals surface area contributed by atoms with E-state index in [2.05, 4.69) is 50.4 Å². The summed E-state index contributed by atoms with van der Waals surface area (Å²) in [5.41, 5.74) is 5.51. The van der Waals surface area contributed by atoms with E-state index < -0.39 is 0 Å². The van der Waals surface area contributed by atoms with E-state index in [1.807, 2.05) is 7.05 Å². The molecule has 20 heavy (non-hydrogen) atoms. The molecule has 2 aromatic rings. The summed E-state index contributed by atoms with van der Waals surface area (Å²) in [5, 5.41) is 3.13. The van der Waals surface area contributed by atoms with Gasteiger partial charge >= 0.3 is 0 Å². The molecule has 0 aliphatic rings. The molecule has 108 valence electrons. The smallest absolute Gasteiger partial charge is 0.134 e. The highest BCUT2D eigenvalue weighted by Crippen LogP contribution is 2.32. The van der Waals surface area contributed by atoms with Crippen LogP contribution in [0.4, 0.5) is 0 Å². The third-order valence-electron chi connectivity index (χ3n) is 3.79. The van der Waals surface area contributed by atoms with E-state index in [1.54, 1.807) is 0 Å². The number of furan rings is 1. The van der Waals surface area contributed by atoms with Gasteiger partial charge in [-0.2, -0.15) is 0 Å². The lowest BCUT2D eigenvalue weighted by molar-refractivity contribution is 0.506. The van der Waals surface area contributed by atoms with Crippen LogP contribution in [0.1, 0.15) is 43.2 Å². The average molecular weight is 271 g/mol. The Kier molecular flexibility index (Phi) is 5.02. The minimum atomic E-state index is 0.774. The van der Waals surface area contributed by atoms with Crippen LogP contribution in [0.3, 0.4) is 0 Å². The minimum Gasteiger partial charge on any atom is -0.460 e. The fourth-order valence-corrected chi connectivity index (χ4v) is 2.70. The lowest BCUT2D eigenvalue weighted by Gasteiger charge is -2.13. The van der Waals surface area contributed by atoms with Crippen molar-refractivity contribution in [1.29, 1.82) is 0 Å². The van der Waals surface area contributed by atoms with Crippen molar-refractivity contribution in [3.05, 3.63) is 46.7 Å². The van der Waals surface area contributed by atoms with E-state index in [0.717, 1.165) is 37.3 Å². The van der Waals surface area contributed by atoms with E-state index >= 15 is 0 Å². The first-order chi connectivity index (χ1) is 9.73. The zero-order chi connectivity index (χ0) is 14.5. The molecule has 0 bridgehead atoms. The second kappa shape index (κ2) is 6.76. The van der Waals surface area contributed by atoms with E-state index in [4.69, 9.17) is 4.42 Å². The normalized spacial score (nSPS) is 11.0. The predicted molar refractivity (Wildman–Crippen MR) is 85.0 cm³/mol. The molecule has 0 unspecified atom stereocenters. The Labute approximate surface area is 122 Å². The van der Waals surface area contributed by atoms with E-state index in [-0.39, 0.29) is 0 Å². The monoisotopic (exact) mass is 271 g/mol. The van der Waals surface area contributed by atoms with Gasteiger partial charge < -0.3 is 9.73 Å². The van der Waals surface area contributed by atoms with Crippen molar-refractivity contribution in [2.45, 2.75) is 46.6 Å². The number of benzene rings is 1. The van der Waals surface area contributed by atoms with Gasteiger partial charge in [-0.05, 0) is 55.1 Å². The van der Waals surface area contributed by atoms with Crippen molar-refractivity contribution in [1.82, 2.24) is 5.32 Å². The van der Waals surface area contributed by atoms with Crippen LogP contribution in [0.25, 0.3) is 11.3 Å². The van der Waals surface area contributed by atoms with E-state index in [1.165, 1.54) is 22.3 Å². The second-order valence-electron chi connectivity index (χ2n) is 5.15. The lowest BCUT2D eigenvalue weighted by Crippen LogP contribution is -2.03. The Balaban J connectivity index is 2.52. The summed E-state index contributed by atoms with van der Waals surface area (Å²) in [6.07, 6.45) is 3.17. The van der Waals surface area contributed by atoms with Crippen LogP contribution in [0.15, 0.2) is 28.7 Å². The molecule has 1 aromatic carbocycles. The van der Waals surface area contributed by atoms with Gasteiger partial charge in [-0.1, -0.05) is 32.9 Å². The van der Waals surface area contributed by atoms with E-state index in [9.17, 15) is 0 Å². The molecule has 2 rings (SSSR count).